The zero-order chi connectivity index (χ0) is 28.0. The maximum absolute atomic E-state index is 13.8. The van der Waals surface area contributed by atoms with E-state index in [4.69, 9.17) is 34.8 Å². The van der Waals surface area contributed by atoms with E-state index in [2.05, 4.69) is 5.32 Å². The van der Waals surface area contributed by atoms with Crippen molar-refractivity contribution in [2.75, 3.05) is 17.4 Å². The maximum Gasteiger partial charge on any atom is 0.264 e. The molecule has 7 nitrogen and oxygen atoms in total. The van der Waals surface area contributed by atoms with Gasteiger partial charge in [0.1, 0.15) is 12.6 Å². The SMILES string of the molecule is CCNC(=O)C(C)N(Cc1ccc(Cl)c(Cl)c1)C(=O)CN(c1ccc(C)cc1)S(=O)(=O)c1ccc(Cl)cc1. The normalized spacial score (nSPS) is 12.1. The second-order valence-corrected chi connectivity index (χ2v) is 11.8. The topological polar surface area (TPSA) is 86.8 Å². The lowest BCUT2D eigenvalue weighted by molar-refractivity contribution is -0.139. The van der Waals surface area contributed by atoms with Crippen LogP contribution in [0, 0.1) is 6.92 Å². The van der Waals surface area contributed by atoms with Crippen LogP contribution in [0.4, 0.5) is 5.69 Å². The van der Waals surface area contributed by atoms with Crippen molar-refractivity contribution in [3.63, 3.8) is 0 Å². The number of rotatable bonds is 10. The molecule has 3 rings (SSSR count). The predicted molar refractivity (Wildman–Crippen MR) is 152 cm³/mol. The Kier molecular flexibility index (Phi) is 10.1. The number of aryl methyl sites for hydroxylation is 1. The van der Waals surface area contributed by atoms with Crippen LogP contribution in [-0.2, 0) is 26.2 Å². The Balaban J connectivity index is 2.03. The number of carbonyl (C=O) groups excluding carboxylic acids is 2. The van der Waals surface area contributed by atoms with Crippen molar-refractivity contribution in [3.8, 4) is 0 Å². The summed E-state index contributed by atoms with van der Waals surface area (Å²) in [6, 6.07) is 16.5. The van der Waals surface area contributed by atoms with Crippen LogP contribution < -0.4 is 9.62 Å². The molecule has 0 radical (unpaired) electrons. The van der Waals surface area contributed by atoms with Gasteiger partial charge in [0.2, 0.25) is 11.8 Å². The highest BCUT2D eigenvalue weighted by Gasteiger charge is 2.32. The first-order valence-electron chi connectivity index (χ1n) is 11.8. The highest BCUT2D eigenvalue weighted by Crippen LogP contribution is 2.27. The fourth-order valence-electron chi connectivity index (χ4n) is 3.71. The number of nitrogens with zero attached hydrogens (tertiary/aromatic N) is 2. The minimum atomic E-state index is -4.17. The van der Waals surface area contributed by atoms with E-state index < -0.39 is 28.5 Å². The first kappa shape index (κ1) is 29.8. The van der Waals surface area contributed by atoms with Crippen molar-refractivity contribution in [1.29, 1.82) is 0 Å². The molecule has 0 bridgehead atoms. The van der Waals surface area contributed by atoms with Crippen LogP contribution in [0.15, 0.2) is 71.6 Å². The van der Waals surface area contributed by atoms with Crippen LogP contribution in [-0.4, -0.2) is 44.3 Å². The molecule has 202 valence electrons. The molecule has 0 aliphatic heterocycles. The summed E-state index contributed by atoms with van der Waals surface area (Å²) < 4.78 is 28.5. The number of amides is 2. The van der Waals surface area contributed by atoms with Gasteiger partial charge in [-0.2, -0.15) is 0 Å². The molecule has 0 spiro atoms. The third-order valence-electron chi connectivity index (χ3n) is 5.86. The molecule has 38 heavy (non-hydrogen) atoms. The standard InChI is InChI=1S/C27H28Cl3N3O4S/c1-4-31-27(35)19(3)32(16-20-7-14-24(29)25(30)15-20)26(34)17-33(22-10-5-18(2)6-11-22)38(36,37)23-12-8-21(28)9-13-23/h5-15,19H,4,16-17H2,1-3H3,(H,31,35). The molecule has 0 aliphatic carbocycles. The minimum Gasteiger partial charge on any atom is -0.355 e. The lowest BCUT2D eigenvalue weighted by Crippen LogP contribution is -2.51. The van der Waals surface area contributed by atoms with Gasteiger partial charge in [-0.25, -0.2) is 8.42 Å². The predicted octanol–water partition coefficient (Wildman–Crippen LogP) is 5.70. The average Bonchev–Trinajstić information content (AvgIpc) is 2.88. The molecule has 1 unspecified atom stereocenters. The summed E-state index contributed by atoms with van der Waals surface area (Å²) in [6.45, 7) is 5.08. The van der Waals surface area contributed by atoms with Gasteiger partial charge >= 0.3 is 0 Å². The van der Waals surface area contributed by atoms with Crippen molar-refractivity contribution in [2.24, 2.45) is 0 Å². The quantitative estimate of drug-likeness (QED) is 0.325. The monoisotopic (exact) mass is 595 g/mol. The van der Waals surface area contributed by atoms with Gasteiger partial charge in [0.25, 0.3) is 10.0 Å². The number of hydrogen-bond donors (Lipinski definition) is 1. The lowest BCUT2D eigenvalue weighted by atomic mass is 10.1. The van der Waals surface area contributed by atoms with Crippen molar-refractivity contribution in [3.05, 3.63) is 92.9 Å². The highest BCUT2D eigenvalue weighted by molar-refractivity contribution is 7.92. The lowest BCUT2D eigenvalue weighted by Gasteiger charge is -2.32. The molecule has 2 amide bonds. The summed E-state index contributed by atoms with van der Waals surface area (Å²) in [5, 5.41) is 3.75. The largest absolute Gasteiger partial charge is 0.355 e. The van der Waals surface area contributed by atoms with E-state index in [-0.39, 0.29) is 17.3 Å². The molecule has 3 aromatic rings. The van der Waals surface area contributed by atoms with Crippen LogP contribution >= 0.6 is 34.8 Å². The number of carbonyl (C=O) groups is 2. The fraction of sp³-hybridized carbons (Fsp3) is 0.259. The Morgan fingerprint density at radius 3 is 2.13 bits per heavy atom. The first-order chi connectivity index (χ1) is 17.9. The van der Waals surface area contributed by atoms with Gasteiger partial charge in [-0.05, 0) is 74.9 Å². The second-order valence-electron chi connectivity index (χ2n) is 8.64. The van der Waals surface area contributed by atoms with Crippen molar-refractivity contribution in [2.45, 2.75) is 38.3 Å². The van der Waals surface area contributed by atoms with E-state index in [0.717, 1.165) is 9.87 Å². The molecule has 0 saturated carbocycles. The second kappa shape index (κ2) is 12.8. The summed E-state index contributed by atoms with van der Waals surface area (Å²) in [5.41, 5.74) is 1.86. The van der Waals surface area contributed by atoms with Crippen LogP contribution in [0.5, 0.6) is 0 Å². The molecule has 1 atom stereocenters. The molecule has 3 aromatic carbocycles. The van der Waals surface area contributed by atoms with Crippen LogP contribution in [0.1, 0.15) is 25.0 Å². The number of sulfonamides is 1. The average molecular weight is 597 g/mol. The summed E-state index contributed by atoms with van der Waals surface area (Å²) >= 11 is 18.2. The summed E-state index contributed by atoms with van der Waals surface area (Å²) in [5.74, 6) is -0.948. The van der Waals surface area contributed by atoms with Crippen molar-refractivity contribution >= 4 is 62.3 Å². The number of halogens is 3. The highest BCUT2D eigenvalue weighted by atomic mass is 35.5. The minimum absolute atomic E-state index is 0.0107. The Bertz CT molecular complexity index is 1400. The zero-order valence-corrected chi connectivity index (χ0v) is 24.2. The molecular weight excluding hydrogens is 569 g/mol. The third-order valence-corrected chi connectivity index (χ3v) is 8.64. The van der Waals surface area contributed by atoms with E-state index in [1.54, 1.807) is 56.3 Å². The van der Waals surface area contributed by atoms with E-state index in [9.17, 15) is 18.0 Å². The van der Waals surface area contributed by atoms with Gasteiger partial charge in [0.05, 0.1) is 20.6 Å². The smallest absolute Gasteiger partial charge is 0.264 e. The van der Waals surface area contributed by atoms with Crippen LogP contribution in [0.25, 0.3) is 0 Å². The van der Waals surface area contributed by atoms with Crippen molar-refractivity contribution in [1.82, 2.24) is 10.2 Å². The Labute approximate surface area is 238 Å². The number of nitrogens with one attached hydrogen (secondary N) is 1. The number of anilines is 1. The molecule has 11 heteroatoms. The van der Waals surface area contributed by atoms with Gasteiger partial charge in [-0.3, -0.25) is 13.9 Å². The van der Waals surface area contributed by atoms with Gasteiger partial charge in [-0.15, -0.1) is 0 Å². The maximum atomic E-state index is 13.8. The molecule has 0 heterocycles. The molecule has 0 saturated heterocycles. The van der Waals surface area contributed by atoms with Crippen LogP contribution in [0.2, 0.25) is 15.1 Å². The molecule has 1 N–H and O–H groups in total. The summed E-state index contributed by atoms with van der Waals surface area (Å²) in [6.07, 6.45) is 0. The van der Waals surface area contributed by atoms with Gasteiger partial charge < -0.3 is 10.2 Å². The number of likely N-dealkylation sites (N-methyl/N-ethyl adjacent to an activating group) is 1. The fourth-order valence-corrected chi connectivity index (χ4v) is 5.57. The van der Waals surface area contributed by atoms with E-state index >= 15 is 0 Å². The first-order valence-corrected chi connectivity index (χ1v) is 14.4. The Morgan fingerprint density at radius 2 is 1.55 bits per heavy atom. The van der Waals surface area contributed by atoms with Crippen LogP contribution in [0.3, 0.4) is 0 Å². The zero-order valence-electron chi connectivity index (χ0n) is 21.1. The Hall–Kier alpha value is -2.78. The van der Waals surface area contributed by atoms with E-state index in [0.29, 0.717) is 32.9 Å². The van der Waals surface area contributed by atoms with Gasteiger partial charge in [0.15, 0.2) is 0 Å². The van der Waals surface area contributed by atoms with E-state index in [1.165, 1.54) is 29.2 Å². The summed E-state index contributed by atoms with van der Waals surface area (Å²) in [4.78, 5) is 27.8. The van der Waals surface area contributed by atoms with Gasteiger partial charge in [-0.1, -0.05) is 58.6 Å². The Morgan fingerprint density at radius 1 is 0.921 bits per heavy atom. The van der Waals surface area contributed by atoms with Gasteiger partial charge in [0, 0.05) is 18.1 Å². The molecule has 0 aliphatic rings. The van der Waals surface area contributed by atoms with E-state index in [1.807, 2.05) is 6.92 Å². The molecular formula is C27H28Cl3N3O4S. The number of benzene rings is 3. The molecule has 0 fully saturated rings. The number of hydrogen-bond acceptors (Lipinski definition) is 4. The third kappa shape index (κ3) is 7.20. The molecule has 0 aromatic heterocycles. The summed E-state index contributed by atoms with van der Waals surface area (Å²) in [7, 11) is -4.17. The van der Waals surface area contributed by atoms with Crippen molar-refractivity contribution < 1.29 is 18.0 Å².